The molecule has 1 saturated carbocycles. The number of ketones is 1. The average Bonchev–Trinajstić information content (AvgIpc) is 3.44. The highest BCUT2D eigenvalue weighted by molar-refractivity contribution is 6.05. The summed E-state index contributed by atoms with van der Waals surface area (Å²) in [6.07, 6.45) is 9.94. The van der Waals surface area contributed by atoms with Gasteiger partial charge in [-0.2, -0.15) is 0 Å². The topological polar surface area (TPSA) is 37.6 Å². The number of piperidine rings is 1. The van der Waals surface area contributed by atoms with Crippen molar-refractivity contribution in [1.29, 1.82) is 0 Å². The van der Waals surface area contributed by atoms with E-state index in [4.69, 9.17) is 0 Å². The predicted octanol–water partition coefficient (Wildman–Crippen LogP) is 4.31. The van der Waals surface area contributed by atoms with Crippen LogP contribution in [0.25, 0.3) is 5.52 Å². The van der Waals surface area contributed by atoms with Crippen molar-refractivity contribution in [3.05, 3.63) is 66.2 Å². The van der Waals surface area contributed by atoms with Crippen molar-refractivity contribution in [1.82, 2.24) is 9.38 Å². The van der Waals surface area contributed by atoms with Gasteiger partial charge in [0.2, 0.25) is 0 Å². The summed E-state index contributed by atoms with van der Waals surface area (Å²) in [5.74, 6) is 1.01. The lowest BCUT2D eigenvalue weighted by Gasteiger charge is -2.33. The van der Waals surface area contributed by atoms with E-state index in [1.165, 1.54) is 24.1 Å². The van der Waals surface area contributed by atoms with Gasteiger partial charge in [-0.1, -0.05) is 18.2 Å². The second kappa shape index (κ2) is 6.27. The minimum absolute atomic E-state index is 0.119. The number of rotatable bonds is 4. The van der Waals surface area contributed by atoms with Crippen molar-refractivity contribution in [2.24, 2.45) is 5.92 Å². The smallest absolute Gasteiger partial charge is 0.168 e. The number of anilines is 1. The van der Waals surface area contributed by atoms with Crippen LogP contribution in [-0.2, 0) is 0 Å². The number of pyridine rings is 1. The molecule has 0 radical (unpaired) electrons. The first-order valence-corrected chi connectivity index (χ1v) is 9.60. The lowest BCUT2D eigenvalue weighted by Crippen LogP contribution is -2.36. The van der Waals surface area contributed by atoms with Crippen molar-refractivity contribution >= 4 is 17.0 Å². The number of carbonyl (C=O) groups excluding carboxylic acids is 1. The molecule has 3 aromatic rings. The number of Topliss-reactive ketones (excluding diaryl/α,β-unsaturated/α-hetero) is 1. The second-order valence-corrected chi connectivity index (χ2v) is 7.57. The first kappa shape index (κ1) is 15.6. The molecule has 1 saturated heterocycles. The van der Waals surface area contributed by atoms with Crippen LogP contribution in [-0.4, -0.2) is 28.3 Å². The number of fused-ring (bicyclic) bond motifs is 1. The van der Waals surface area contributed by atoms with Gasteiger partial charge in [0.1, 0.15) is 0 Å². The third-order valence-electron chi connectivity index (χ3n) is 5.88. The van der Waals surface area contributed by atoms with Crippen molar-refractivity contribution < 1.29 is 4.79 Å². The van der Waals surface area contributed by atoms with Gasteiger partial charge in [0.15, 0.2) is 5.78 Å². The molecule has 5 rings (SSSR count). The van der Waals surface area contributed by atoms with Gasteiger partial charge < -0.3 is 9.30 Å². The molecule has 1 aliphatic carbocycles. The Kier molecular flexibility index (Phi) is 3.77. The largest absolute Gasteiger partial charge is 0.371 e. The summed E-state index contributed by atoms with van der Waals surface area (Å²) >= 11 is 0. The van der Waals surface area contributed by atoms with Crippen LogP contribution in [0.2, 0.25) is 0 Å². The van der Waals surface area contributed by atoms with Crippen molar-refractivity contribution in [3.8, 4) is 0 Å². The van der Waals surface area contributed by atoms with Gasteiger partial charge in [-0.05, 0) is 55.4 Å². The Bertz CT molecular complexity index is 934. The van der Waals surface area contributed by atoms with Crippen molar-refractivity contribution in [3.63, 3.8) is 0 Å². The fourth-order valence-electron chi connectivity index (χ4n) is 4.25. The number of benzene rings is 1. The molecule has 1 aliphatic heterocycles. The molecule has 1 aromatic carbocycles. The maximum atomic E-state index is 13.4. The summed E-state index contributed by atoms with van der Waals surface area (Å²) in [6.45, 7) is 1.89. The molecule has 0 amide bonds. The van der Waals surface area contributed by atoms with Gasteiger partial charge >= 0.3 is 0 Å². The summed E-state index contributed by atoms with van der Waals surface area (Å²) in [6, 6.07) is 12.6. The lowest BCUT2D eigenvalue weighted by atomic mass is 9.86. The maximum Gasteiger partial charge on any atom is 0.168 e. The van der Waals surface area contributed by atoms with Gasteiger partial charge in [0.05, 0.1) is 18.0 Å². The molecular formula is C22H23N3O. The second-order valence-electron chi connectivity index (χ2n) is 7.57. The fraction of sp³-hybridized carbons (Fsp3) is 0.364. The molecule has 2 aliphatic rings. The van der Waals surface area contributed by atoms with Crippen LogP contribution in [0, 0.1) is 5.92 Å². The van der Waals surface area contributed by atoms with E-state index in [9.17, 15) is 4.79 Å². The predicted molar refractivity (Wildman–Crippen MR) is 103 cm³/mol. The minimum atomic E-state index is 0.119. The number of aromatic nitrogens is 2. The van der Waals surface area contributed by atoms with E-state index in [-0.39, 0.29) is 5.92 Å². The molecule has 0 bridgehead atoms. The molecule has 4 nitrogen and oxygen atoms in total. The van der Waals surface area contributed by atoms with Crippen molar-refractivity contribution in [2.75, 3.05) is 18.0 Å². The third kappa shape index (κ3) is 2.70. The maximum absolute atomic E-state index is 13.4. The summed E-state index contributed by atoms with van der Waals surface area (Å²) in [7, 11) is 0. The molecule has 0 N–H and O–H groups in total. The first-order valence-electron chi connectivity index (χ1n) is 9.60. The van der Waals surface area contributed by atoms with E-state index in [1.54, 1.807) is 6.33 Å². The van der Waals surface area contributed by atoms with E-state index in [0.29, 0.717) is 11.7 Å². The van der Waals surface area contributed by atoms with Crippen LogP contribution in [0.5, 0.6) is 0 Å². The molecule has 4 heteroatoms. The zero-order valence-corrected chi connectivity index (χ0v) is 14.8. The highest BCUT2D eigenvalue weighted by Crippen LogP contribution is 2.43. The molecule has 0 unspecified atom stereocenters. The van der Waals surface area contributed by atoms with Crippen LogP contribution in [0.15, 0.2) is 55.1 Å². The Labute approximate surface area is 153 Å². The number of hydrogen-bond donors (Lipinski definition) is 0. The van der Waals surface area contributed by atoms with Crippen molar-refractivity contribution in [2.45, 2.75) is 31.6 Å². The Morgan fingerprint density at radius 3 is 2.50 bits per heavy atom. The summed E-state index contributed by atoms with van der Waals surface area (Å²) in [4.78, 5) is 20.1. The molecule has 132 valence electrons. The Morgan fingerprint density at radius 1 is 1.00 bits per heavy atom. The van der Waals surface area contributed by atoms with Gasteiger partial charge in [-0.25, -0.2) is 4.98 Å². The Balaban J connectivity index is 1.40. The monoisotopic (exact) mass is 345 g/mol. The lowest BCUT2D eigenvalue weighted by molar-refractivity contribution is 0.0901. The number of nitrogens with zero attached hydrogens (tertiary/aromatic N) is 3. The number of imidazole rings is 1. The normalized spacial score (nSPS) is 18.4. The molecule has 0 spiro atoms. The summed E-state index contributed by atoms with van der Waals surface area (Å²) < 4.78 is 1.98. The molecule has 2 aromatic heterocycles. The van der Waals surface area contributed by atoms with E-state index < -0.39 is 0 Å². The highest BCUT2D eigenvalue weighted by atomic mass is 16.1. The quantitative estimate of drug-likeness (QED) is 0.661. The molecule has 26 heavy (non-hydrogen) atoms. The zero-order valence-electron chi connectivity index (χ0n) is 14.8. The highest BCUT2D eigenvalue weighted by Gasteiger charge is 2.33. The van der Waals surface area contributed by atoms with Crippen LogP contribution >= 0.6 is 0 Å². The summed E-state index contributed by atoms with van der Waals surface area (Å²) in [5, 5.41) is 0. The fourth-order valence-corrected chi connectivity index (χ4v) is 4.25. The standard InChI is InChI=1S/C22H23N3O/c26-22(17-8-11-24(12-9-17)18-4-2-1-3-5-18)21-19(16-6-7-16)10-13-25-15-23-14-20(21)25/h1-5,10,13-17H,6-9,11-12H2. The number of carbonyl (C=O) groups is 1. The zero-order chi connectivity index (χ0) is 17.5. The average molecular weight is 345 g/mol. The third-order valence-corrected chi connectivity index (χ3v) is 5.88. The SMILES string of the molecule is O=C(c1c(C2CC2)ccn2cncc12)C1CCN(c2ccccc2)CC1. The van der Waals surface area contributed by atoms with E-state index in [2.05, 4.69) is 40.2 Å². The number of para-hydroxylation sites is 1. The van der Waals surface area contributed by atoms with Crippen LogP contribution < -0.4 is 4.90 Å². The summed E-state index contributed by atoms with van der Waals surface area (Å²) in [5.41, 5.74) is 4.42. The van der Waals surface area contributed by atoms with Gasteiger partial charge in [0, 0.05) is 36.5 Å². The first-order chi connectivity index (χ1) is 12.8. The number of hydrogen-bond acceptors (Lipinski definition) is 3. The molecule has 2 fully saturated rings. The van der Waals surface area contributed by atoms with Crippen LogP contribution in [0.4, 0.5) is 5.69 Å². The molecular weight excluding hydrogens is 322 g/mol. The van der Waals surface area contributed by atoms with Gasteiger partial charge in [0.25, 0.3) is 0 Å². The van der Waals surface area contributed by atoms with Gasteiger partial charge in [-0.15, -0.1) is 0 Å². The minimum Gasteiger partial charge on any atom is -0.371 e. The van der Waals surface area contributed by atoms with Crippen LogP contribution in [0.3, 0.4) is 0 Å². The van der Waals surface area contributed by atoms with E-state index in [0.717, 1.165) is 37.0 Å². The van der Waals surface area contributed by atoms with E-state index >= 15 is 0 Å². The van der Waals surface area contributed by atoms with Crippen LogP contribution in [0.1, 0.15) is 47.5 Å². The molecule has 3 heterocycles. The Morgan fingerprint density at radius 2 is 1.77 bits per heavy atom. The Hall–Kier alpha value is -2.62. The van der Waals surface area contributed by atoms with E-state index in [1.807, 2.05) is 22.9 Å². The van der Waals surface area contributed by atoms with Gasteiger partial charge in [-0.3, -0.25) is 4.79 Å². The molecule has 0 atom stereocenters.